The van der Waals surface area contributed by atoms with E-state index >= 15 is 0 Å². The van der Waals surface area contributed by atoms with Gasteiger partial charge in [-0.1, -0.05) is 45.7 Å². The summed E-state index contributed by atoms with van der Waals surface area (Å²) in [5.41, 5.74) is 3.70. The highest BCUT2D eigenvalue weighted by atomic mass is 79.9. The molecule has 1 atom stereocenters. The molecule has 1 N–H and O–H groups in total. The van der Waals surface area contributed by atoms with E-state index in [9.17, 15) is 0 Å². The minimum atomic E-state index is 0.132. The zero-order valence-corrected chi connectivity index (χ0v) is 13.5. The Morgan fingerprint density at radius 3 is 2.85 bits per heavy atom. The molecule has 2 nitrogen and oxygen atoms in total. The van der Waals surface area contributed by atoms with Crippen LogP contribution in [0.15, 0.2) is 40.9 Å². The normalized spacial score (nSPS) is 14.8. The van der Waals surface area contributed by atoms with Gasteiger partial charge in [-0.15, -0.1) is 0 Å². The average Bonchev–Trinajstić information content (AvgIpc) is 2.89. The maximum Gasteiger partial charge on any atom is 0.122 e. The van der Waals surface area contributed by atoms with Crippen molar-refractivity contribution in [3.63, 3.8) is 0 Å². The van der Waals surface area contributed by atoms with Crippen molar-refractivity contribution in [3.05, 3.63) is 62.6 Å². The third-order valence-electron chi connectivity index (χ3n) is 3.61. The van der Waals surface area contributed by atoms with Crippen LogP contribution >= 0.6 is 27.5 Å². The van der Waals surface area contributed by atoms with Crippen molar-refractivity contribution in [3.8, 4) is 5.75 Å². The third-order valence-corrected chi connectivity index (χ3v) is 4.53. The van der Waals surface area contributed by atoms with Crippen LogP contribution < -0.4 is 10.1 Å². The summed E-state index contributed by atoms with van der Waals surface area (Å²) >= 11 is 9.62. The average molecular weight is 353 g/mol. The van der Waals surface area contributed by atoms with Crippen LogP contribution in [0.5, 0.6) is 5.75 Å². The molecule has 0 fully saturated rings. The number of ether oxygens (including phenoxy) is 1. The van der Waals surface area contributed by atoms with Gasteiger partial charge in [0, 0.05) is 15.9 Å². The molecule has 1 heterocycles. The quantitative estimate of drug-likeness (QED) is 0.887. The van der Waals surface area contributed by atoms with Crippen LogP contribution in [-0.4, -0.2) is 13.7 Å². The van der Waals surface area contributed by atoms with E-state index in [0.717, 1.165) is 28.3 Å². The molecule has 20 heavy (non-hydrogen) atoms. The summed E-state index contributed by atoms with van der Waals surface area (Å²) in [5.74, 6) is 1.01. The van der Waals surface area contributed by atoms with Gasteiger partial charge in [0.25, 0.3) is 0 Å². The first-order valence-electron chi connectivity index (χ1n) is 6.57. The summed E-state index contributed by atoms with van der Waals surface area (Å²) in [6.45, 7) is 0.785. The Hall–Kier alpha value is -1.03. The fourth-order valence-corrected chi connectivity index (χ4v) is 3.54. The summed E-state index contributed by atoms with van der Waals surface area (Å²) in [6.07, 6.45) is 0.987. The van der Waals surface area contributed by atoms with Crippen LogP contribution in [0.4, 0.5) is 0 Å². The van der Waals surface area contributed by atoms with Gasteiger partial charge in [-0.25, -0.2) is 0 Å². The van der Waals surface area contributed by atoms with Gasteiger partial charge in [0.2, 0.25) is 0 Å². The second kappa shape index (κ2) is 5.76. The van der Waals surface area contributed by atoms with Crippen LogP contribution in [0, 0.1) is 0 Å². The predicted molar refractivity (Wildman–Crippen MR) is 85.7 cm³/mol. The van der Waals surface area contributed by atoms with Crippen molar-refractivity contribution >= 4 is 27.5 Å². The van der Waals surface area contributed by atoms with Crippen molar-refractivity contribution in [1.29, 1.82) is 0 Å². The van der Waals surface area contributed by atoms with E-state index in [1.807, 2.05) is 19.2 Å². The number of rotatable bonds is 3. The third kappa shape index (κ3) is 2.58. The second-order valence-electron chi connectivity index (χ2n) is 4.85. The van der Waals surface area contributed by atoms with Crippen LogP contribution in [0.1, 0.15) is 22.7 Å². The molecule has 104 valence electrons. The van der Waals surface area contributed by atoms with Gasteiger partial charge in [0.05, 0.1) is 12.6 Å². The van der Waals surface area contributed by atoms with Crippen molar-refractivity contribution in [1.82, 2.24) is 5.32 Å². The molecule has 4 heteroatoms. The SMILES string of the molecule is CNC(c1ccc2c(c1)CCO2)c1ccc(Cl)cc1Br. The fraction of sp³-hybridized carbons (Fsp3) is 0.250. The standard InChI is InChI=1S/C16H15BrClNO/c1-19-16(13-4-3-12(18)9-14(13)17)11-2-5-15-10(8-11)6-7-20-15/h2-5,8-9,16,19H,6-7H2,1H3. The van der Waals surface area contributed by atoms with E-state index in [-0.39, 0.29) is 6.04 Å². The Kier molecular flexibility index (Phi) is 4.01. The number of nitrogens with one attached hydrogen (secondary N) is 1. The lowest BCUT2D eigenvalue weighted by Crippen LogP contribution is -2.18. The monoisotopic (exact) mass is 351 g/mol. The number of halogens is 2. The predicted octanol–water partition coefficient (Wildman–Crippen LogP) is 4.35. The first-order valence-corrected chi connectivity index (χ1v) is 7.74. The molecule has 3 rings (SSSR count). The van der Waals surface area contributed by atoms with Gasteiger partial charge >= 0.3 is 0 Å². The van der Waals surface area contributed by atoms with E-state index < -0.39 is 0 Å². The van der Waals surface area contributed by atoms with E-state index in [2.05, 4.69) is 45.5 Å². The summed E-state index contributed by atoms with van der Waals surface area (Å²) < 4.78 is 6.58. The van der Waals surface area contributed by atoms with E-state index in [0.29, 0.717) is 0 Å². The summed E-state index contributed by atoms with van der Waals surface area (Å²) in [4.78, 5) is 0. The highest BCUT2D eigenvalue weighted by Gasteiger charge is 2.19. The van der Waals surface area contributed by atoms with Crippen molar-refractivity contribution < 1.29 is 4.74 Å². The van der Waals surface area contributed by atoms with Crippen molar-refractivity contribution in [2.45, 2.75) is 12.5 Å². The van der Waals surface area contributed by atoms with Gasteiger partial charge in [0.1, 0.15) is 5.75 Å². The lowest BCUT2D eigenvalue weighted by molar-refractivity contribution is 0.357. The zero-order chi connectivity index (χ0) is 14.1. The maximum atomic E-state index is 6.02. The van der Waals surface area contributed by atoms with Gasteiger partial charge in [0.15, 0.2) is 0 Å². The van der Waals surface area contributed by atoms with Crippen LogP contribution in [0.2, 0.25) is 5.02 Å². The molecule has 1 aliphatic heterocycles. The Morgan fingerprint density at radius 2 is 2.10 bits per heavy atom. The fourth-order valence-electron chi connectivity index (χ4n) is 2.62. The highest BCUT2D eigenvalue weighted by molar-refractivity contribution is 9.10. The number of benzene rings is 2. The molecule has 0 saturated heterocycles. The van der Waals surface area contributed by atoms with E-state index in [4.69, 9.17) is 16.3 Å². The van der Waals surface area contributed by atoms with Crippen LogP contribution in [0.25, 0.3) is 0 Å². The molecule has 0 aromatic heterocycles. The molecule has 1 unspecified atom stereocenters. The summed E-state index contributed by atoms with van der Waals surface area (Å²) in [5, 5.41) is 4.11. The number of fused-ring (bicyclic) bond motifs is 1. The maximum absolute atomic E-state index is 6.02. The first kappa shape index (κ1) is 13.9. The van der Waals surface area contributed by atoms with Crippen molar-refractivity contribution in [2.24, 2.45) is 0 Å². The molecule has 0 amide bonds. The molecule has 2 aromatic rings. The Bertz CT molecular complexity index is 644. The minimum Gasteiger partial charge on any atom is -0.493 e. The summed E-state index contributed by atoms with van der Waals surface area (Å²) in [6, 6.07) is 12.4. The molecule has 0 aliphatic carbocycles. The molecule has 0 saturated carbocycles. The van der Waals surface area contributed by atoms with Gasteiger partial charge in [-0.05, 0) is 41.9 Å². The molecule has 0 radical (unpaired) electrons. The van der Waals surface area contributed by atoms with Crippen LogP contribution in [-0.2, 0) is 6.42 Å². The van der Waals surface area contributed by atoms with Crippen molar-refractivity contribution in [2.75, 3.05) is 13.7 Å². The smallest absolute Gasteiger partial charge is 0.122 e. The van der Waals surface area contributed by atoms with E-state index in [1.54, 1.807) is 0 Å². The number of hydrogen-bond acceptors (Lipinski definition) is 2. The molecule has 2 aromatic carbocycles. The van der Waals surface area contributed by atoms with E-state index in [1.165, 1.54) is 16.7 Å². The van der Waals surface area contributed by atoms with Gasteiger partial charge < -0.3 is 10.1 Å². The molecule has 0 bridgehead atoms. The zero-order valence-electron chi connectivity index (χ0n) is 11.1. The Balaban J connectivity index is 2.01. The topological polar surface area (TPSA) is 21.3 Å². The Labute approximate surface area is 132 Å². The Morgan fingerprint density at radius 1 is 1.25 bits per heavy atom. The summed E-state index contributed by atoms with van der Waals surface area (Å²) in [7, 11) is 1.97. The first-order chi connectivity index (χ1) is 9.69. The second-order valence-corrected chi connectivity index (χ2v) is 6.14. The lowest BCUT2D eigenvalue weighted by atomic mass is 9.96. The minimum absolute atomic E-state index is 0.132. The van der Waals surface area contributed by atoms with Crippen LogP contribution in [0.3, 0.4) is 0 Å². The highest BCUT2D eigenvalue weighted by Crippen LogP contribution is 2.34. The molecule has 0 spiro atoms. The number of hydrogen-bond donors (Lipinski definition) is 1. The molecule has 1 aliphatic rings. The molecular weight excluding hydrogens is 338 g/mol. The van der Waals surface area contributed by atoms with Gasteiger partial charge in [-0.2, -0.15) is 0 Å². The molecular formula is C16H15BrClNO. The largest absolute Gasteiger partial charge is 0.493 e. The lowest BCUT2D eigenvalue weighted by Gasteiger charge is -2.19. The van der Waals surface area contributed by atoms with Gasteiger partial charge in [-0.3, -0.25) is 0 Å².